The number of rotatable bonds is 0. The first kappa shape index (κ1) is 13.8. The fourth-order valence-electron chi connectivity index (χ4n) is 3.03. The molecule has 2 atom stereocenters. The summed E-state index contributed by atoms with van der Waals surface area (Å²) in [5.41, 5.74) is 1.64. The average Bonchev–Trinajstić information content (AvgIpc) is 2.67. The number of carbonyl (C=O) groups is 2. The Labute approximate surface area is 120 Å². The van der Waals surface area contributed by atoms with E-state index in [4.69, 9.17) is 0 Å². The van der Waals surface area contributed by atoms with Gasteiger partial charge in [0.25, 0.3) is 5.91 Å². The summed E-state index contributed by atoms with van der Waals surface area (Å²) in [5.74, 6) is -0.302. The number of halogens is 1. The summed E-state index contributed by atoms with van der Waals surface area (Å²) in [4.78, 5) is 26.3. The molecule has 0 fully saturated rings. The Kier molecular flexibility index (Phi) is 3.11. The van der Waals surface area contributed by atoms with Crippen LogP contribution < -0.4 is 0 Å². The highest BCUT2D eigenvalue weighted by atomic mass is 19.1. The van der Waals surface area contributed by atoms with E-state index in [1.54, 1.807) is 14.0 Å². The van der Waals surface area contributed by atoms with Crippen LogP contribution in [0, 0.1) is 0 Å². The number of carboxylic acid groups (broad SMARTS) is 1. The van der Waals surface area contributed by atoms with Crippen molar-refractivity contribution in [2.75, 3.05) is 13.6 Å². The van der Waals surface area contributed by atoms with E-state index in [1.807, 2.05) is 0 Å². The molecule has 1 N–H and O–H groups in total. The van der Waals surface area contributed by atoms with Gasteiger partial charge in [-0.1, -0.05) is 0 Å². The Hall–Kier alpha value is -2.12. The molecular weight excluding hydrogens is 279 g/mol. The molecule has 0 bridgehead atoms. The minimum Gasteiger partial charge on any atom is -0.465 e. The number of carbonyl (C=O) groups excluding carboxylic acids is 1. The quantitative estimate of drug-likeness (QED) is 0.765. The highest BCUT2D eigenvalue weighted by Crippen LogP contribution is 2.28. The van der Waals surface area contributed by atoms with Crippen molar-refractivity contribution in [2.24, 2.45) is 0 Å². The number of nitrogens with zero attached hydrogens (tertiary/aromatic N) is 4. The van der Waals surface area contributed by atoms with Crippen molar-refractivity contribution >= 4 is 12.0 Å². The molecule has 7 nitrogen and oxygen atoms in total. The summed E-state index contributed by atoms with van der Waals surface area (Å²) >= 11 is 0. The molecule has 0 unspecified atom stereocenters. The summed E-state index contributed by atoms with van der Waals surface area (Å²) in [5, 5.41) is 13.6. The number of aromatic nitrogens is 2. The van der Waals surface area contributed by atoms with E-state index in [0.29, 0.717) is 23.4 Å². The average molecular weight is 296 g/mol. The Morgan fingerprint density at radius 3 is 2.81 bits per heavy atom. The Morgan fingerprint density at radius 2 is 2.14 bits per heavy atom. The van der Waals surface area contributed by atoms with Crippen molar-refractivity contribution < 1.29 is 19.1 Å². The maximum atomic E-state index is 13.8. The summed E-state index contributed by atoms with van der Waals surface area (Å²) in [6, 6.07) is -0.205. The zero-order chi connectivity index (χ0) is 15.3. The van der Waals surface area contributed by atoms with Crippen molar-refractivity contribution in [1.82, 2.24) is 19.6 Å². The van der Waals surface area contributed by atoms with Crippen LogP contribution in [0.1, 0.15) is 28.7 Å². The first-order valence-electron chi connectivity index (χ1n) is 6.86. The van der Waals surface area contributed by atoms with E-state index in [1.165, 1.54) is 14.5 Å². The number of amides is 2. The van der Waals surface area contributed by atoms with Gasteiger partial charge in [-0.05, 0) is 6.92 Å². The molecule has 3 heterocycles. The maximum Gasteiger partial charge on any atom is 0.407 e. The Bertz CT molecular complexity index is 615. The van der Waals surface area contributed by atoms with Crippen molar-refractivity contribution in [1.29, 1.82) is 0 Å². The van der Waals surface area contributed by atoms with E-state index in [2.05, 4.69) is 5.10 Å². The van der Waals surface area contributed by atoms with E-state index >= 15 is 0 Å². The van der Waals surface area contributed by atoms with Crippen LogP contribution >= 0.6 is 0 Å². The van der Waals surface area contributed by atoms with E-state index < -0.39 is 12.3 Å². The second-order valence-corrected chi connectivity index (χ2v) is 5.70. The fourth-order valence-corrected chi connectivity index (χ4v) is 3.03. The van der Waals surface area contributed by atoms with Gasteiger partial charge in [0.2, 0.25) is 0 Å². The van der Waals surface area contributed by atoms with Gasteiger partial charge in [0.05, 0.1) is 25.3 Å². The molecule has 0 aliphatic carbocycles. The zero-order valence-corrected chi connectivity index (χ0v) is 11.9. The van der Waals surface area contributed by atoms with Gasteiger partial charge in [-0.25, -0.2) is 9.18 Å². The maximum absolute atomic E-state index is 13.8. The second kappa shape index (κ2) is 4.71. The SMILES string of the molecule is C[C@@H]1Cc2nn3c(c2CN1C(=O)O)C(=O)N(C)C[C@@H](F)C3. The molecule has 21 heavy (non-hydrogen) atoms. The highest BCUT2D eigenvalue weighted by Gasteiger charge is 2.36. The van der Waals surface area contributed by atoms with Crippen LogP contribution in [0.25, 0.3) is 0 Å². The normalized spacial score (nSPS) is 25.4. The van der Waals surface area contributed by atoms with Gasteiger partial charge in [-0.2, -0.15) is 5.10 Å². The molecule has 0 saturated heterocycles. The summed E-state index contributed by atoms with van der Waals surface area (Å²) in [6.45, 7) is 1.97. The number of hydrogen-bond acceptors (Lipinski definition) is 3. The van der Waals surface area contributed by atoms with Gasteiger partial charge in [0, 0.05) is 25.1 Å². The second-order valence-electron chi connectivity index (χ2n) is 5.70. The molecule has 2 aliphatic heterocycles. The van der Waals surface area contributed by atoms with Crippen molar-refractivity contribution in [2.45, 2.75) is 38.6 Å². The molecular formula is C13H17FN4O3. The molecule has 3 rings (SSSR count). The lowest BCUT2D eigenvalue weighted by atomic mass is 10.00. The minimum absolute atomic E-state index is 0.0238. The van der Waals surface area contributed by atoms with Crippen LogP contribution in [0.5, 0.6) is 0 Å². The third-order valence-corrected chi connectivity index (χ3v) is 4.12. The number of fused-ring (bicyclic) bond motifs is 3. The highest BCUT2D eigenvalue weighted by molar-refractivity contribution is 5.94. The van der Waals surface area contributed by atoms with Crippen LogP contribution in [0.4, 0.5) is 9.18 Å². The lowest BCUT2D eigenvalue weighted by Gasteiger charge is -2.30. The first-order chi connectivity index (χ1) is 9.88. The van der Waals surface area contributed by atoms with Crippen LogP contribution in [-0.4, -0.2) is 62.5 Å². The smallest absolute Gasteiger partial charge is 0.407 e. The molecule has 1 aromatic heterocycles. The lowest BCUT2D eigenvalue weighted by Crippen LogP contribution is -2.42. The van der Waals surface area contributed by atoms with Crippen molar-refractivity contribution in [3.8, 4) is 0 Å². The number of hydrogen-bond donors (Lipinski definition) is 1. The molecule has 2 aliphatic rings. The van der Waals surface area contributed by atoms with Crippen LogP contribution in [-0.2, 0) is 19.5 Å². The number of alkyl halides is 1. The van der Waals surface area contributed by atoms with Crippen LogP contribution in [0.2, 0.25) is 0 Å². The molecule has 8 heteroatoms. The molecule has 0 aromatic carbocycles. The molecule has 0 saturated carbocycles. The Morgan fingerprint density at radius 1 is 1.43 bits per heavy atom. The standard InChI is InChI=1S/C13H17FN4O3/c1-7-3-10-9(6-17(7)13(20)21)11-12(19)16(2)4-8(14)5-18(11)15-10/h7-8H,3-6H2,1-2H3,(H,20,21)/t7-,8-/m1/s1. The Balaban J connectivity index is 2.07. The predicted molar refractivity (Wildman–Crippen MR) is 70.8 cm³/mol. The third kappa shape index (κ3) is 2.14. The van der Waals surface area contributed by atoms with Gasteiger partial charge in [-0.15, -0.1) is 0 Å². The van der Waals surface area contributed by atoms with Gasteiger partial charge >= 0.3 is 6.09 Å². The fraction of sp³-hybridized carbons (Fsp3) is 0.615. The van der Waals surface area contributed by atoms with Gasteiger partial charge in [-0.3, -0.25) is 9.48 Å². The topological polar surface area (TPSA) is 78.7 Å². The zero-order valence-electron chi connectivity index (χ0n) is 11.9. The molecule has 0 radical (unpaired) electrons. The summed E-state index contributed by atoms with van der Waals surface area (Å²) in [7, 11) is 1.55. The van der Waals surface area contributed by atoms with Crippen molar-refractivity contribution in [3.05, 3.63) is 17.0 Å². The van der Waals surface area contributed by atoms with Gasteiger partial charge < -0.3 is 14.9 Å². The summed E-state index contributed by atoms with van der Waals surface area (Å²) < 4.78 is 15.2. The monoisotopic (exact) mass is 296 g/mol. The predicted octanol–water partition coefficient (Wildman–Crippen LogP) is 0.731. The third-order valence-electron chi connectivity index (χ3n) is 4.12. The molecule has 2 amide bonds. The summed E-state index contributed by atoms with van der Waals surface area (Å²) in [6.07, 6.45) is -1.75. The van der Waals surface area contributed by atoms with E-state index in [0.717, 1.165) is 0 Å². The first-order valence-corrected chi connectivity index (χ1v) is 6.86. The van der Waals surface area contributed by atoms with Gasteiger partial charge in [0.1, 0.15) is 11.9 Å². The van der Waals surface area contributed by atoms with Crippen molar-refractivity contribution in [3.63, 3.8) is 0 Å². The largest absolute Gasteiger partial charge is 0.465 e. The van der Waals surface area contributed by atoms with Crippen LogP contribution in [0.15, 0.2) is 0 Å². The van der Waals surface area contributed by atoms with E-state index in [9.17, 15) is 19.1 Å². The van der Waals surface area contributed by atoms with Gasteiger partial charge in [0.15, 0.2) is 0 Å². The van der Waals surface area contributed by atoms with Crippen LogP contribution in [0.3, 0.4) is 0 Å². The molecule has 0 spiro atoms. The molecule has 1 aromatic rings. The molecule has 114 valence electrons. The lowest BCUT2D eigenvalue weighted by molar-refractivity contribution is 0.0763. The van der Waals surface area contributed by atoms with E-state index in [-0.39, 0.29) is 31.6 Å². The minimum atomic E-state index is -1.17.